The van der Waals surface area contributed by atoms with Gasteiger partial charge in [-0.05, 0) is 79.9 Å². The SMILES string of the molecule is COc1cc(CCN(C(N)=O)C2C3CC4CC(C3)CC2C4)cc(OC)c1. The minimum Gasteiger partial charge on any atom is -0.497 e. The van der Waals surface area contributed by atoms with E-state index in [0.29, 0.717) is 24.4 Å². The first kappa shape index (κ1) is 17.5. The van der Waals surface area contributed by atoms with Crippen LogP contribution in [0.3, 0.4) is 0 Å². The van der Waals surface area contributed by atoms with Gasteiger partial charge in [-0.15, -0.1) is 0 Å². The van der Waals surface area contributed by atoms with Crippen molar-refractivity contribution in [2.45, 2.75) is 44.6 Å². The second-order valence-electron chi connectivity index (χ2n) is 8.42. The van der Waals surface area contributed by atoms with Gasteiger partial charge in [-0.3, -0.25) is 0 Å². The van der Waals surface area contributed by atoms with Crippen molar-refractivity contribution in [1.82, 2.24) is 4.90 Å². The third-order valence-electron chi connectivity index (χ3n) is 6.87. The van der Waals surface area contributed by atoms with E-state index in [-0.39, 0.29) is 6.03 Å². The molecule has 5 nitrogen and oxygen atoms in total. The smallest absolute Gasteiger partial charge is 0.315 e. The Kier molecular flexibility index (Phi) is 4.72. The van der Waals surface area contributed by atoms with E-state index in [9.17, 15) is 4.79 Å². The molecular weight excluding hydrogens is 328 g/mol. The Labute approximate surface area is 155 Å². The molecule has 26 heavy (non-hydrogen) atoms. The maximum atomic E-state index is 12.3. The number of amides is 2. The van der Waals surface area contributed by atoms with Gasteiger partial charge in [-0.25, -0.2) is 4.79 Å². The summed E-state index contributed by atoms with van der Waals surface area (Å²) in [4.78, 5) is 14.3. The summed E-state index contributed by atoms with van der Waals surface area (Å²) < 4.78 is 10.7. The lowest BCUT2D eigenvalue weighted by atomic mass is 9.54. The minimum absolute atomic E-state index is 0.266. The molecule has 1 aromatic rings. The largest absolute Gasteiger partial charge is 0.497 e. The number of rotatable bonds is 6. The predicted molar refractivity (Wildman–Crippen MR) is 100 cm³/mol. The summed E-state index contributed by atoms with van der Waals surface area (Å²) >= 11 is 0. The maximum Gasteiger partial charge on any atom is 0.315 e. The quantitative estimate of drug-likeness (QED) is 0.847. The number of methoxy groups -OCH3 is 2. The maximum absolute atomic E-state index is 12.3. The first-order chi connectivity index (χ1) is 12.6. The number of hydrogen-bond donors (Lipinski definition) is 1. The van der Waals surface area contributed by atoms with Crippen LogP contribution < -0.4 is 15.2 Å². The van der Waals surface area contributed by atoms with E-state index in [1.807, 2.05) is 23.1 Å². The zero-order valence-corrected chi connectivity index (χ0v) is 15.8. The molecule has 4 saturated carbocycles. The van der Waals surface area contributed by atoms with Crippen LogP contribution in [-0.2, 0) is 6.42 Å². The van der Waals surface area contributed by atoms with E-state index in [1.54, 1.807) is 14.2 Å². The van der Waals surface area contributed by atoms with Crippen LogP contribution in [0.25, 0.3) is 0 Å². The van der Waals surface area contributed by atoms with Crippen LogP contribution in [0, 0.1) is 23.7 Å². The molecule has 142 valence electrons. The van der Waals surface area contributed by atoms with Gasteiger partial charge in [0, 0.05) is 18.7 Å². The number of nitrogens with zero attached hydrogens (tertiary/aromatic N) is 1. The average molecular weight is 358 g/mol. The van der Waals surface area contributed by atoms with Gasteiger partial charge < -0.3 is 20.1 Å². The highest BCUT2D eigenvalue weighted by atomic mass is 16.5. The van der Waals surface area contributed by atoms with Gasteiger partial charge in [-0.2, -0.15) is 0 Å². The fraction of sp³-hybridized carbons (Fsp3) is 0.667. The fourth-order valence-corrected chi connectivity index (χ4v) is 6.07. The van der Waals surface area contributed by atoms with E-state index < -0.39 is 0 Å². The standard InChI is InChI=1S/C21H30N2O3/c1-25-18-10-13(11-19(12-18)26-2)3-4-23(21(22)24)20-16-6-14-5-15(8-16)9-17(20)7-14/h10-12,14-17,20H,3-9H2,1-2H3,(H2,22,24). The van der Waals surface area contributed by atoms with Crippen molar-refractivity contribution in [3.8, 4) is 11.5 Å². The summed E-state index contributed by atoms with van der Waals surface area (Å²) in [6.07, 6.45) is 7.32. The summed E-state index contributed by atoms with van der Waals surface area (Å²) in [5.41, 5.74) is 6.94. The number of nitrogens with two attached hydrogens (primary N) is 1. The van der Waals surface area contributed by atoms with Crippen molar-refractivity contribution in [3.63, 3.8) is 0 Å². The van der Waals surface area contributed by atoms with Crippen molar-refractivity contribution in [1.29, 1.82) is 0 Å². The van der Waals surface area contributed by atoms with Crippen LogP contribution in [0.4, 0.5) is 4.79 Å². The lowest BCUT2D eigenvalue weighted by Crippen LogP contribution is -2.58. The Morgan fingerprint density at radius 1 is 1.00 bits per heavy atom. The Morgan fingerprint density at radius 2 is 1.54 bits per heavy atom. The van der Waals surface area contributed by atoms with Crippen molar-refractivity contribution in [3.05, 3.63) is 23.8 Å². The summed E-state index contributed by atoms with van der Waals surface area (Å²) in [5.74, 6) is 4.65. The normalized spacial score (nSPS) is 31.7. The third kappa shape index (κ3) is 3.24. The van der Waals surface area contributed by atoms with Crippen LogP contribution in [0.15, 0.2) is 18.2 Å². The molecule has 5 heteroatoms. The zero-order chi connectivity index (χ0) is 18.3. The Morgan fingerprint density at radius 3 is 2.00 bits per heavy atom. The summed E-state index contributed by atoms with van der Waals surface area (Å²) in [5, 5.41) is 0. The molecule has 5 rings (SSSR count). The summed E-state index contributed by atoms with van der Waals surface area (Å²) in [6, 6.07) is 5.97. The highest BCUT2D eigenvalue weighted by Crippen LogP contribution is 2.55. The molecule has 0 saturated heterocycles. The van der Waals surface area contributed by atoms with Gasteiger partial charge in [0.1, 0.15) is 11.5 Å². The van der Waals surface area contributed by atoms with Gasteiger partial charge in [0.2, 0.25) is 0 Å². The second kappa shape index (κ2) is 7.01. The number of carbonyl (C=O) groups is 1. The molecule has 4 aliphatic carbocycles. The van der Waals surface area contributed by atoms with Crippen LogP contribution in [0.2, 0.25) is 0 Å². The number of carbonyl (C=O) groups excluding carboxylic acids is 1. The lowest BCUT2D eigenvalue weighted by Gasteiger charge is -2.57. The Balaban J connectivity index is 1.49. The van der Waals surface area contributed by atoms with Gasteiger partial charge in [0.25, 0.3) is 0 Å². The van der Waals surface area contributed by atoms with Gasteiger partial charge in [0.05, 0.1) is 14.2 Å². The highest BCUT2D eigenvalue weighted by molar-refractivity contribution is 5.72. The van der Waals surface area contributed by atoms with Crippen LogP contribution in [0.5, 0.6) is 11.5 Å². The number of benzene rings is 1. The first-order valence-corrected chi connectivity index (χ1v) is 9.85. The molecule has 0 unspecified atom stereocenters. The number of urea groups is 1. The van der Waals surface area contributed by atoms with Crippen LogP contribution in [-0.4, -0.2) is 37.7 Å². The molecule has 1 aromatic carbocycles. The molecule has 4 aliphatic rings. The monoisotopic (exact) mass is 358 g/mol. The second-order valence-corrected chi connectivity index (χ2v) is 8.42. The lowest BCUT2D eigenvalue weighted by molar-refractivity contribution is -0.0499. The number of hydrogen-bond acceptors (Lipinski definition) is 3. The molecule has 4 fully saturated rings. The molecule has 2 N–H and O–H groups in total. The van der Waals surface area contributed by atoms with Crippen LogP contribution >= 0.6 is 0 Å². The number of primary amides is 1. The molecule has 0 aromatic heterocycles. The van der Waals surface area contributed by atoms with E-state index in [4.69, 9.17) is 15.2 Å². The van der Waals surface area contributed by atoms with Gasteiger partial charge in [-0.1, -0.05) is 0 Å². The molecule has 0 spiro atoms. The predicted octanol–water partition coefficient (Wildman–Crippen LogP) is 3.45. The summed E-state index contributed by atoms with van der Waals surface area (Å²) in [7, 11) is 3.31. The molecule has 0 atom stereocenters. The first-order valence-electron chi connectivity index (χ1n) is 9.85. The Hall–Kier alpha value is -1.91. The molecule has 2 amide bonds. The topological polar surface area (TPSA) is 64.8 Å². The molecular formula is C21H30N2O3. The highest BCUT2D eigenvalue weighted by Gasteiger charge is 2.50. The van der Waals surface area contributed by atoms with Gasteiger partial charge >= 0.3 is 6.03 Å². The fourth-order valence-electron chi connectivity index (χ4n) is 6.07. The van der Waals surface area contributed by atoms with Crippen molar-refractivity contribution < 1.29 is 14.3 Å². The number of ether oxygens (including phenoxy) is 2. The van der Waals surface area contributed by atoms with E-state index >= 15 is 0 Å². The van der Waals surface area contributed by atoms with Crippen molar-refractivity contribution in [2.75, 3.05) is 20.8 Å². The average Bonchev–Trinajstić information content (AvgIpc) is 2.62. The minimum atomic E-state index is -0.266. The third-order valence-corrected chi connectivity index (χ3v) is 6.87. The van der Waals surface area contributed by atoms with E-state index in [2.05, 4.69) is 0 Å². The van der Waals surface area contributed by atoms with E-state index in [1.165, 1.54) is 32.1 Å². The molecule has 0 radical (unpaired) electrons. The molecule has 0 heterocycles. The molecule has 0 aliphatic heterocycles. The van der Waals surface area contributed by atoms with Crippen LogP contribution in [0.1, 0.15) is 37.7 Å². The zero-order valence-electron chi connectivity index (χ0n) is 15.8. The molecule has 4 bridgehead atoms. The summed E-state index contributed by atoms with van der Waals surface area (Å²) in [6.45, 7) is 0.665. The Bertz CT molecular complexity index is 625. The van der Waals surface area contributed by atoms with Gasteiger partial charge in [0.15, 0.2) is 0 Å². The van der Waals surface area contributed by atoms with Crippen molar-refractivity contribution in [2.24, 2.45) is 29.4 Å². The van der Waals surface area contributed by atoms with E-state index in [0.717, 1.165) is 35.3 Å². The van der Waals surface area contributed by atoms with Crippen molar-refractivity contribution >= 4 is 6.03 Å².